The Labute approximate surface area is 125 Å². The van der Waals surface area contributed by atoms with Crippen molar-refractivity contribution in [1.29, 1.82) is 0 Å². The standard InChI is InChI=1S/C14H12ClN3O3/c1-14(13(19)16-12-6-7-20-18-12)8-11(17-21-14)9-4-2-3-5-10(9)15/h2-7H,8H2,1H3,(H,16,18,19). The van der Waals surface area contributed by atoms with Crippen LogP contribution in [0.15, 0.2) is 46.3 Å². The van der Waals surface area contributed by atoms with Crippen molar-refractivity contribution in [1.82, 2.24) is 5.16 Å². The first-order valence-corrected chi connectivity index (χ1v) is 6.68. The van der Waals surface area contributed by atoms with Gasteiger partial charge in [-0.3, -0.25) is 4.79 Å². The van der Waals surface area contributed by atoms with Crippen molar-refractivity contribution in [2.45, 2.75) is 18.9 Å². The zero-order chi connectivity index (χ0) is 14.9. The van der Waals surface area contributed by atoms with Crippen LogP contribution in [0.4, 0.5) is 5.82 Å². The Morgan fingerprint density at radius 3 is 2.90 bits per heavy atom. The molecule has 1 N–H and O–H groups in total. The Kier molecular flexibility index (Phi) is 3.39. The quantitative estimate of drug-likeness (QED) is 0.946. The van der Waals surface area contributed by atoms with Crippen LogP contribution in [0.1, 0.15) is 18.9 Å². The number of carbonyl (C=O) groups is 1. The molecule has 1 amide bonds. The molecule has 108 valence electrons. The fraction of sp³-hybridized carbons (Fsp3) is 0.214. The third-order valence-corrected chi connectivity index (χ3v) is 3.54. The maximum atomic E-state index is 12.3. The molecule has 1 aliphatic rings. The minimum absolute atomic E-state index is 0.320. The van der Waals surface area contributed by atoms with E-state index >= 15 is 0 Å². The average Bonchev–Trinajstić information content (AvgIpc) is 3.10. The summed E-state index contributed by atoms with van der Waals surface area (Å²) in [5, 5.41) is 10.8. The third kappa shape index (κ3) is 2.62. The van der Waals surface area contributed by atoms with Gasteiger partial charge in [-0.15, -0.1) is 0 Å². The van der Waals surface area contributed by atoms with Gasteiger partial charge in [-0.2, -0.15) is 0 Å². The van der Waals surface area contributed by atoms with Gasteiger partial charge in [0.05, 0.1) is 5.71 Å². The lowest BCUT2D eigenvalue weighted by Crippen LogP contribution is -2.40. The van der Waals surface area contributed by atoms with Crippen LogP contribution in [0, 0.1) is 0 Å². The second-order valence-corrected chi connectivity index (χ2v) is 5.26. The van der Waals surface area contributed by atoms with Crippen molar-refractivity contribution < 1.29 is 14.2 Å². The summed E-state index contributed by atoms with van der Waals surface area (Å²) in [6, 6.07) is 8.84. The summed E-state index contributed by atoms with van der Waals surface area (Å²) in [6.45, 7) is 1.66. The third-order valence-electron chi connectivity index (χ3n) is 3.21. The first-order chi connectivity index (χ1) is 10.1. The highest BCUT2D eigenvalue weighted by molar-refractivity contribution is 6.34. The number of rotatable bonds is 3. The van der Waals surface area contributed by atoms with E-state index in [4.69, 9.17) is 16.4 Å². The Bertz CT molecular complexity index is 699. The average molecular weight is 306 g/mol. The van der Waals surface area contributed by atoms with Gasteiger partial charge in [0.1, 0.15) is 6.26 Å². The molecule has 0 saturated heterocycles. The van der Waals surface area contributed by atoms with Crippen LogP contribution in [-0.4, -0.2) is 22.4 Å². The van der Waals surface area contributed by atoms with Crippen LogP contribution in [0.3, 0.4) is 0 Å². The molecular weight excluding hydrogens is 294 g/mol. The van der Waals surface area contributed by atoms with Crippen molar-refractivity contribution in [2.24, 2.45) is 5.16 Å². The van der Waals surface area contributed by atoms with Crippen molar-refractivity contribution in [3.05, 3.63) is 47.2 Å². The number of carbonyl (C=O) groups excluding carboxylic acids is 1. The molecule has 0 aliphatic carbocycles. The fourth-order valence-electron chi connectivity index (χ4n) is 2.03. The molecule has 21 heavy (non-hydrogen) atoms. The van der Waals surface area contributed by atoms with Crippen LogP contribution < -0.4 is 5.32 Å². The van der Waals surface area contributed by atoms with Crippen molar-refractivity contribution in [2.75, 3.05) is 5.32 Å². The Morgan fingerprint density at radius 1 is 1.38 bits per heavy atom. The van der Waals surface area contributed by atoms with Gasteiger partial charge >= 0.3 is 0 Å². The number of nitrogens with zero attached hydrogens (tertiary/aromatic N) is 2. The summed E-state index contributed by atoms with van der Waals surface area (Å²) in [7, 11) is 0. The summed E-state index contributed by atoms with van der Waals surface area (Å²) in [5.41, 5.74) is 0.295. The molecule has 1 unspecified atom stereocenters. The van der Waals surface area contributed by atoms with E-state index in [1.807, 2.05) is 18.2 Å². The fourth-order valence-corrected chi connectivity index (χ4v) is 2.27. The molecule has 1 aromatic heterocycles. The van der Waals surface area contributed by atoms with Crippen molar-refractivity contribution in [3.63, 3.8) is 0 Å². The van der Waals surface area contributed by atoms with E-state index in [1.54, 1.807) is 19.1 Å². The molecule has 0 bridgehead atoms. The van der Waals surface area contributed by atoms with Crippen molar-refractivity contribution >= 4 is 29.0 Å². The first-order valence-electron chi connectivity index (χ1n) is 6.30. The highest BCUT2D eigenvalue weighted by atomic mass is 35.5. The maximum absolute atomic E-state index is 12.3. The molecule has 6 nitrogen and oxygen atoms in total. The van der Waals surface area contributed by atoms with E-state index in [0.717, 1.165) is 5.56 Å². The van der Waals surface area contributed by atoms with Gasteiger partial charge in [-0.05, 0) is 13.0 Å². The van der Waals surface area contributed by atoms with Gasteiger partial charge in [0.2, 0.25) is 5.60 Å². The van der Waals surface area contributed by atoms with E-state index in [0.29, 0.717) is 23.0 Å². The summed E-state index contributed by atoms with van der Waals surface area (Å²) in [6.07, 6.45) is 1.69. The molecule has 7 heteroatoms. The molecule has 2 heterocycles. The van der Waals surface area contributed by atoms with E-state index in [2.05, 4.69) is 20.2 Å². The van der Waals surface area contributed by atoms with Crippen LogP contribution >= 0.6 is 11.6 Å². The normalized spacial score (nSPS) is 20.8. The molecule has 0 spiro atoms. The number of aromatic nitrogens is 1. The number of hydrogen-bond donors (Lipinski definition) is 1. The van der Waals surface area contributed by atoms with Gasteiger partial charge < -0.3 is 14.7 Å². The van der Waals surface area contributed by atoms with E-state index in [9.17, 15) is 4.79 Å². The molecule has 0 saturated carbocycles. The lowest BCUT2D eigenvalue weighted by molar-refractivity contribution is -0.136. The SMILES string of the molecule is CC1(C(=O)Nc2ccon2)CC(c2ccccc2Cl)=NO1. The summed E-state index contributed by atoms with van der Waals surface area (Å²) in [4.78, 5) is 17.6. The molecular formula is C14H12ClN3O3. The molecule has 3 rings (SSSR count). The number of oxime groups is 1. The van der Waals surface area contributed by atoms with E-state index < -0.39 is 5.60 Å². The summed E-state index contributed by atoms with van der Waals surface area (Å²) < 4.78 is 4.67. The number of halogens is 1. The van der Waals surface area contributed by atoms with E-state index in [1.165, 1.54) is 6.26 Å². The van der Waals surface area contributed by atoms with E-state index in [-0.39, 0.29) is 5.91 Å². The summed E-state index contributed by atoms with van der Waals surface area (Å²) >= 11 is 6.13. The molecule has 1 aliphatic heterocycles. The topological polar surface area (TPSA) is 76.7 Å². The number of benzene rings is 1. The predicted octanol–water partition coefficient (Wildman–Crippen LogP) is 2.85. The molecule has 2 aromatic rings. The van der Waals surface area contributed by atoms with Gasteiger partial charge in [0, 0.05) is 23.1 Å². The zero-order valence-electron chi connectivity index (χ0n) is 11.2. The highest BCUT2D eigenvalue weighted by Gasteiger charge is 2.42. The Morgan fingerprint density at radius 2 is 2.19 bits per heavy atom. The summed E-state index contributed by atoms with van der Waals surface area (Å²) in [5.74, 6) is -0.0155. The second-order valence-electron chi connectivity index (χ2n) is 4.86. The smallest absolute Gasteiger partial charge is 0.272 e. The van der Waals surface area contributed by atoms with Gasteiger partial charge in [-0.25, -0.2) is 0 Å². The van der Waals surface area contributed by atoms with Crippen molar-refractivity contribution in [3.8, 4) is 0 Å². The number of anilines is 1. The maximum Gasteiger partial charge on any atom is 0.272 e. The molecule has 1 aromatic carbocycles. The predicted molar refractivity (Wildman–Crippen MR) is 77.2 cm³/mol. The van der Waals surface area contributed by atoms with Crippen LogP contribution in [0.25, 0.3) is 0 Å². The van der Waals surface area contributed by atoms with Gasteiger partial charge in [0.15, 0.2) is 5.82 Å². The van der Waals surface area contributed by atoms with Gasteiger partial charge in [0.25, 0.3) is 5.91 Å². The lowest BCUT2D eigenvalue weighted by atomic mass is 9.95. The number of nitrogens with one attached hydrogen (secondary N) is 1. The monoisotopic (exact) mass is 305 g/mol. The Balaban J connectivity index is 1.75. The lowest BCUT2D eigenvalue weighted by Gasteiger charge is -2.19. The minimum atomic E-state index is -1.10. The van der Waals surface area contributed by atoms with Crippen LogP contribution in [0.2, 0.25) is 5.02 Å². The zero-order valence-corrected chi connectivity index (χ0v) is 11.9. The second kappa shape index (κ2) is 5.21. The number of amides is 1. The van der Waals surface area contributed by atoms with Crippen LogP contribution in [-0.2, 0) is 9.63 Å². The first kappa shape index (κ1) is 13.6. The van der Waals surface area contributed by atoms with Gasteiger partial charge in [-0.1, -0.05) is 40.1 Å². The minimum Gasteiger partial charge on any atom is -0.379 e. The van der Waals surface area contributed by atoms with Crippen LogP contribution in [0.5, 0.6) is 0 Å². The molecule has 0 fully saturated rings. The number of hydrogen-bond acceptors (Lipinski definition) is 5. The molecule has 1 atom stereocenters. The Hall–Kier alpha value is -2.34. The molecule has 0 radical (unpaired) electrons. The largest absolute Gasteiger partial charge is 0.379 e. The highest BCUT2D eigenvalue weighted by Crippen LogP contribution is 2.30.